The molecule has 0 amide bonds. The van der Waals surface area contributed by atoms with Gasteiger partial charge in [-0.15, -0.1) is 0 Å². The molecule has 0 aromatic rings. The van der Waals surface area contributed by atoms with E-state index in [-0.39, 0.29) is 25.6 Å². The van der Waals surface area contributed by atoms with E-state index in [1.54, 1.807) is 0 Å². The summed E-state index contributed by atoms with van der Waals surface area (Å²) in [6.07, 6.45) is 81.1. The number of esters is 2. The van der Waals surface area contributed by atoms with Gasteiger partial charge < -0.3 is 18.9 Å². The maximum atomic E-state index is 12.9. The molecule has 0 rings (SSSR count). The fourth-order valence-corrected chi connectivity index (χ4v) is 11.4. The van der Waals surface area contributed by atoms with E-state index >= 15 is 0 Å². The molecule has 0 aliphatic carbocycles. The van der Waals surface area contributed by atoms with Crippen LogP contribution in [-0.2, 0) is 32.7 Å². The monoisotopic (exact) mass is 1180 g/mol. The van der Waals surface area contributed by atoms with Crippen molar-refractivity contribution >= 4 is 19.8 Å². The minimum absolute atomic E-state index is 0.0340. The van der Waals surface area contributed by atoms with Crippen LogP contribution in [0, 0.1) is 0 Å². The van der Waals surface area contributed by atoms with E-state index in [9.17, 15) is 19.0 Å². The molecule has 9 nitrogen and oxygen atoms in total. The summed E-state index contributed by atoms with van der Waals surface area (Å²) in [6.45, 7) is 4.49. The van der Waals surface area contributed by atoms with E-state index in [0.717, 1.165) is 44.9 Å². The average molecular weight is 1180 g/mol. The number of allylic oxidation sites excluding steroid dienone is 6. The van der Waals surface area contributed by atoms with Gasteiger partial charge in [-0.2, -0.15) is 0 Å². The number of quaternary nitrogens is 1. The molecule has 0 spiro atoms. The molecule has 0 saturated carbocycles. The Morgan fingerprint density at radius 3 is 0.976 bits per heavy atom. The van der Waals surface area contributed by atoms with Gasteiger partial charge in [0, 0.05) is 12.8 Å². The van der Waals surface area contributed by atoms with Gasteiger partial charge in [-0.25, -0.2) is 4.57 Å². The number of rotatable bonds is 67. The molecule has 0 aliphatic rings. The summed E-state index contributed by atoms with van der Waals surface area (Å²) in [5.41, 5.74) is 0. The molecular weight excluding hydrogens is 1040 g/mol. The first-order valence-electron chi connectivity index (χ1n) is 35.7. The van der Waals surface area contributed by atoms with Crippen LogP contribution < -0.4 is 0 Å². The Hall–Kier alpha value is -1.77. The summed E-state index contributed by atoms with van der Waals surface area (Å²) in [7, 11) is 1.50. The molecule has 0 radical (unpaired) electrons. The predicted molar refractivity (Wildman–Crippen MR) is 354 cm³/mol. The first kappa shape index (κ1) is 80.2. The molecule has 82 heavy (non-hydrogen) atoms. The Bertz CT molecular complexity index is 1480. The van der Waals surface area contributed by atoms with Gasteiger partial charge in [0.25, 0.3) is 0 Å². The maximum Gasteiger partial charge on any atom is 0.472 e. The van der Waals surface area contributed by atoms with Gasteiger partial charge in [0.1, 0.15) is 19.8 Å². The van der Waals surface area contributed by atoms with E-state index in [4.69, 9.17) is 18.5 Å². The zero-order valence-corrected chi connectivity index (χ0v) is 56.1. The number of likely N-dealkylation sites (N-methyl/N-ethyl adjacent to an activating group) is 1. The molecule has 484 valence electrons. The molecule has 10 heteroatoms. The Morgan fingerprint density at radius 2 is 0.659 bits per heavy atom. The molecule has 0 aliphatic heterocycles. The van der Waals surface area contributed by atoms with E-state index in [1.165, 1.54) is 283 Å². The van der Waals surface area contributed by atoms with Crippen molar-refractivity contribution in [3.63, 3.8) is 0 Å². The third kappa shape index (κ3) is 67.4. The second kappa shape index (κ2) is 63.7. The number of nitrogens with zero attached hydrogens (tertiary/aromatic N) is 1. The molecule has 0 aromatic carbocycles. The second-order valence-corrected chi connectivity index (χ2v) is 27.1. The predicted octanol–water partition coefficient (Wildman–Crippen LogP) is 23.1. The average Bonchev–Trinajstić information content (AvgIpc) is 3.45. The zero-order chi connectivity index (χ0) is 59.8. The van der Waals surface area contributed by atoms with Gasteiger partial charge in [0.15, 0.2) is 6.10 Å². The smallest absolute Gasteiger partial charge is 0.462 e. The highest BCUT2D eigenvalue weighted by Crippen LogP contribution is 2.43. The highest BCUT2D eigenvalue weighted by atomic mass is 31.2. The number of unbranched alkanes of at least 4 members (excludes halogenated alkanes) is 47. The van der Waals surface area contributed by atoms with Gasteiger partial charge in [-0.1, -0.05) is 333 Å². The minimum Gasteiger partial charge on any atom is -0.462 e. The van der Waals surface area contributed by atoms with Crippen molar-refractivity contribution in [1.82, 2.24) is 0 Å². The fraction of sp³-hybridized carbons (Fsp3) is 0.889. The topological polar surface area (TPSA) is 108 Å². The minimum atomic E-state index is -4.39. The van der Waals surface area contributed by atoms with Crippen LogP contribution >= 0.6 is 7.82 Å². The number of phosphoric acid groups is 1. The quantitative estimate of drug-likeness (QED) is 0.0211. The van der Waals surface area contributed by atoms with Crippen LogP contribution in [0.3, 0.4) is 0 Å². The number of carbonyl (C=O) groups is 2. The lowest BCUT2D eigenvalue weighted by atomic mass is 10.0. The number of carbonyl (C=O) groups excluding carboxylic acids is 2. The van der Waals surface area contributed by atoms with Gasteiger partial charge in [0.05, 0.1) is 27.7 Å². The van der Waals surface area contributed by atoms with E-state index < -0.39 is 26.5 Å². The SMILES string of the molecule is CCCCCCC/C=C\C/C=C\C/C=C\CCCCCCCCCCCCCCCCC(=O)OC(COC(=O)CCCCCCCCCCCCCCCCCCCCCCCCCCCCCCC)COP(=O)(O)OCC[N+](C)(C)C. The van der Waals surface area contributed by atoms with Gasteiger partial charge in [-0.3, -0.25) is 18.6 Å². The molecule has 1 N–H and O–H groups in total. The van der Waals surface area contributed by atoms with Crippen LogP contribution in [0.4, 0.5) is 0 Å². The molecule has 0 bridgehead atoms. The molecule has 0 aromatic heterocycles. The van der Waals surface area contributed by atoms with Crippen LogP contribution in [0.25, 0.3) is 0 Å². The summed E-state index contributed by atoms with van der Waals surface area (Å²) < 4.78 is 34.8. The normalized spacial score (nSPS) is 13.3. The Balaban J connectivity index is 4.00. The first-order valence-corrected chi connectivity index (χ1v) is 37.2. The lowest BCUT2D eigenvalue weighted by molar-refractivity contribution is -0.870. The fourth-order valence-electron chi connectivity index (χ4n) is 10.7. The van der Waals surface area contributed by atoms with Crippen LogP contribution in [0.1, 0.15) is 361 Å². The van der Waals surface area contributed by atoms with Crippen molar-refractivity contribution in [2.45, 2.75) is 367 Å². The Labute approximate surface area is 510 Å². The van der Waals surface area contributed by atoms with Crippen molar-refractivity contribution in [2.75, 3.05) is 47.5 Å². The van der Waals surface area contributed by atoms with Crippen molar-refractivity contribution in [2.24, 2.45) is 0 Å². The second-order valence-electron chi connectivity index (χ2n) is 25.6. The van der Waals surface area contributed by atoms with Crippen molar-refractivity contribution in [3.8, 4) is 0 Å². The van der Waals surface area contributed by atoms with Crippen LogP contribution in [0.2, 0.25) is 0 Å². The molecule has 0 fully saturated rings. The number of hydrogen-bond acceptors (Lipinski definition) is 7. The van der Waals surface area contributed by atoms with Gasteiger partial charge >= 0.3 is 19.8 Å². The summed E-state index contributed by atoms with van der Waals surface area (Å²) in [4.78, 5) is 35.9. The largest absolute Gasteiger partial charge is 0.472 e. The van der Waals surface area contributed by atoms with E-state index in [0.29, 0.717) is 23.9 Å². The van der Waals surface area contributed by atoms with Crippen molar-refractivity contribution in [3.05, 3.63) is 36.5 Å². The molecule has 2 atom stereocenters. The lowest BCUT2D eigenvalue weighted by Gasteiger charge is -2.24. The van der Waals surface area contributed by atoms with Gasteiger partial charge in [-0.05, 0) is 51.4 Å². The molecule has 2 unspecified atom stereocenters. The first-order chi connectivity index (χ1) is 40.0. The van der Waals surface area contributed by atoms with E-state index in [2.05, 4.69) is 50.3 Å². The van der Waals surface area contributed by atoms with Gasteiger partial charge in [0.2, 0.25) is 0 Å². The highest BCUT2D eigenvalue weighted by molar-refractivity contribution is 7.47. The lowest BCUT2D eigenvalue weighted by Crippen LogP contribution is -2.37. The summed E-state index contributed by atoms with van der Waals surface area (Å²) in [5, 5.41) is 0. The van der Waals surface area contributed by atoms with Crippen molar-refractivity contribution in [1.29, 1.82) is 0 Å². The summed E-state index contributed by atoms with van der Waals surface area (Å²) in [6, 6.07) is 0. The standard InChI is InChI=1S/C72H138NO8P/c1-6-8-10-12-14-16-18-20-22-24-26-28-30-32-34-36-38-40-42-44-46-48-50-52-54-56-58-60-62-64-71(74)78-68-70(69-80-82(76,77)79-67-66-73(3,4)5)81-72(75)65-63-61-59-57-55-53-51-49-47-45-43-41-39-37-35-33-31-29-27-25-23-21-19-17-15-13-11-9-7-2/h19,21,25,27,31,33,70H,6-18,20,22-24,26,28-30,32,34-69H2,1-5H3/p+1/b21-19-,27-25-,33-31-. The summed E-state index contributed by atoms with van der Waals surface area (Å²) in [5.74, 6) is -0.777. The third-order valence-electron chi connectivity index (χ3n) is 16.2. The highest BCUT2D eigenvalue weighted by Gasteiger charge is 2.27. The van der Waals surface area contributed by atoms with Crippen LogP contribution in [0.5, 0.6) is 0 Å². The molecule has 0 heterocycles. The Morgan fingerprint density at radius 1 is 0.378 bits per heavy atom. The van der Waals surface area contributed by atoms with Crippen LogP contribution in [0.15, 0.2) is 36.5 Å². The maximum absolute atomic E-state index is 12.9. The number of phosphoric ester groups is 1. The Kier molecular flexibility index (Phi) is 62.3. The molecular formula is C72H139NO8P+. The molecule has 0 saturated heterocycles. The zero-order valence-electron chi connectivity index (χ0n) is 55.3. The van der Waals surface area contributed by atoms with E-state index in [1.807, 2.05) is 21.1 Å². The number of hydrogen-bond donors (Lipinski definition) is 1. The third-order valence-corrected chi connectivity index (χ3v) is 17.2. The van der Waals surface area contributed by atoms with Crippen molar-refractivity contribution < 1.29 is 42.1 Å². The number of ether oxygens (including phenoxy) is 2. The summed E-state index contributed by atoms with van der Waals surface area (Å²) >= 11 is 0. The van der Waals surface area contributed by atoms with Crippen LogP contribution in [-0.4, -0.2) is 74.9 Å².